The lowest BCUT2D eigenvalue weighted by atomic mass is 10.1. The zero-order valence-corrected chi connectivity index (χ0v) is 15.2. The van der Waals surface area contributed by atoms with Crippen LogP contribution in [0.3, 0.4) is 0 Å². The second kappa shape index (κ2) is 9.42. The van der Waals surface area contributed by atoms with Crippen LogP contribution >= 0.6 is 0 Å². The second-order valence-electron chi connectivity index (χ2n) is 6.39. The number of anilines is 1. The van der Waals surface area contributed by atoms with E-state index in [1.165, 1.54) is 12.1 Å². The predicted octanol–water partition coefficient (Wildman–Crippen LogP) is 2.62. The van der Waals surface area contributed by atoms with E-state index in [4.69, 9.17) is 0 Å². The third kappa shape index (κ3) is 8.70. The summed E-state index contributed by atoms with van der Waals surface area (Å²) in [5.41, 5.74) is 0.329. The molecule has 0 aliphatic carbocycles. The van der Waals surface area contributed by atoms with Crippen molar-refractivity contribution in [2.75, 3.05) is 25.5 Å². The topological polar surface area (TPSA) is 70.7 Å². The highest BCUT2D eigenvalue weighted by atomic mass is 19.4. The van der Waals surface area contributed by atoms with Crippen LogP contribution in [0, 0.1) is 5.92 Å². The van der Waals surface area contributed by atoms with E-state index in [0.29, 0.717) is 11.6 Å². The number of amides is 2. The highest BCUT2D eigenvalue weighted by molar-refractivity contribution is 5.92. The molecule has 0 aliphatic heterocycles. The van der Waals surface area contributed by atoms with Crippen LogP contribution in [0.5, 0.6) is 5.75 Å². The molecule has 1 aromatic rings. The normalized spacial score (nSPS) is 12.8. The Hall–Kier alpha value is -2.29. The zero-order valence-electron chi connectivity index (χ0n) is 15.2. The van der Waals surface area contributed by atoms with Gasteiger partial charge in [-0.15, -0.1) is 13.2 Å². The van der Waals surface area contributed by atoms with E-state index in [1.807, 2.05) is 20.8 Å². The van der Waals surface area contributed by atoms with Crippen LogP contribution in [0.1, 0.15) is 20.8 Å². The molecule has 146 valence electrons. The van der Waals surface area contributed by atoms with E-state index in [-0.39, 0.29) is 36.7 Å². The summed E-state index contributed by atoms with van der Waals surface area (Å²) in [6.45, 7) is 5.91. The van der Waals surface area contributed by atoms with Gasteiger partial charge in [-0.2, -0.15) is 0 Å². The number of hydrogen-bond donors (Lipinski definition) is 2. The third-order valence-corrected chi connectivity index (χ3v) is 3.59. The van der Waals surface area contributed by atoms with Crippen molar-refractivity contribution in [3.8, 4) is 5.75 Å². The minimum Gasteiger partial charge on any atom is -0.406 e. The number of hydrogen-bond acceptors (Lipinski definition) is 4. The predicted molar refractivity (Wildman–Crippen MR) is 91.7 cm³/mol. The summed E-state index contributed by atoms with van der Waals surface area (Å²) in [7, 11) is 1.62. The summed E-state index contributed by atoms with van der Waals surface area (Å²) in [4.78, 5) is 25.4. The molecule has 26 heavy (non-hydrogen) atoms. The first-order valence-electron chi connectivity index (χ1n) is 8.10. The lowest BCUT2D eigenvalue weighted by Crippen LogP contribution is -2.43. The van der Waals surface area contributed by atoms with Gasteiger partial charge in [0.1, 0.15) is 5.75 Å². The van der Waals surface area contributed by atoms with Gasteiger partial charge >= 0.3 is 6.36 Å². The average molecular weight is 375 g/mol. The van der Waals surface area contributed by atoms with Crippen LogP contribution in [-0.4, -0.2) is 49.3 Å². The number of nitrogens with one attached hydrogen (secondary N) is 2. The molecule has 0 heterocycles. The van der Waals surface area contributed by atoms with Crippen molar-refractivity contribution in [1.29, 1.82) is 0 Å². The van der Waals surface area contributed by atoms with E-state index in [9.17, 15) is 22.8 Å². The number of benzene rings is 1. The molecule has 0 bridgehead atoms. The maximum atomic E-state index is 12.1. The van der Waals surface area contributed by atoms with Gasteiger partial charge in [0.15, 0.2) is 0 Å². The molecule has 1 aromatic carbocycles. The van der Waals surface area contributed by atoms with Crippen LogP contribution in [0.15, 0.2) is 24.3 Å². The lowest BCUT2D eigenvalue weighted by Gasteiger charge is -2.20. The molecule has 0 aliphatic rings. The van der Waals surface area contributed by atoms with Crippen LogP contribution in [0.2, 0.25) is 0 Å². The third-order valence-electron chi connectivity index (χ3n) is 3.59. The Balaban J connectivity index is 2.44. The molecule has 0 spiro atoms. The molecule has 0 radical (unpaired) electrons. The number of likely N-dealkylation sites (N-methyl/N-ethyl adjacent to an activating group) is 1. The van der Waals surface area contributed by atoms with Crippen molar-refractivity contribution in [3.63, 3.8) is 0 Å². The Labute approximate surface area is 150 Å². The molecule has 0 saturated heterocycles. The standard InChI is InChI=1S/C17H24F3N3O3/c1-11(2)12(3)21-15(24)9-23(4)10-16(25)22-13-5-7-14(8-6-13)26-17(18,19)20/h5-8,11-12H,9-10H2,1-4H3,(H,21,24)(H,22,25)/t12-/m1/s1. The van der Waals surface area contributed by atoms with Crippen molar-refractivity contribution in [1.82, 2.24) is 10.2 Å². The van der Waals surface area contributed by atoms with Gasteiger partial charge in [-0.3, -0.25) is 14.5 Å². The fraction of sp³-hybridized carbons (Fsp3) is 0.529. The van der Waals surface area contributed by atoms with Crippen molar-refractivity contribution < 1.29 is 27.5 Å². The quantitative estimate of drug-likeness (QED) is 0.733. The summed E-state index contributed by atoms with van der Waals surface area (Å²) in [5, 5.41) is 5.39. The number of rotatable bonds is 8. The SMILES string of the molecule is CC(C)[C@@H](C)NC(=O)CN(C)CC(=O)Nc1ccc(OC(F)(F)F)cc1. The monoisotopic (exact) mass is 375 g/mol. The highest BCUT2D eigenvalue weighted by Crippen LogP contribution is 2.23. The number of carbonyl (C=O) groups excluding carboxylic acids is 2. The minimum atomic E-state index is -4.76. The largest absolute Gasteiger partial charge is 0.573 e. The Morgan fingerprint density at radius 1 is 1.08 bits per heavy atom. The molecule has 9 heteroatoms. The van der Waals surface area contributed by atoms with Gasteiger partial charge in [0, 0.05) is 11.7 Å². The maximum absolute atomic E-state index is 12.1. The Morgan fingerprint density at radius 3 is 2.12 bits per heavy atom. The molecule has 2 N–H and O–H groups in total. The smallest absolute Gasteiger partial charge is 0.406 e. The number of nitrogens with zero attached hydrogens (tertiary/aromatic N) is 1. The lowest BCUT2D eigenvalue weighted by molar-refractivity contribution is -0.274. The van der Waals surface area contributed by atoms with E-state index >= 15 is 0 Å². The average Bonchev–Trinajstić information content (AvgIpc) is 2.47. The van der Waals surface area contributed by atoms with E-state index < -0.39 is 6.36 Å². The maximum Gasteiger partial charge on any atom is 0.573 e. The van der Waals surface area contributed by atoms with Crippen molar-refractivity contribution in [3.05, 3.63) is 24.3 Å². The fourth-order valence-corrected chi connectivity index (χ4v) is 1.95. The summed E-state index contributed by atoms with van der Waals surface area (Å²) < 4.78 is 40.0. The van der Waals surface area contributed by atoms with Crippen molar-refractivity contribution in [2.45, 2.75) is 33.2 Å². The number of alkyl halides is 3. The van der Waals surface area contributed by atoms with Gasteiger partial charge in [-0.1, -0.05) is 13.8 Å². The summed E-state index contributed by atoms with van der Waals surface area (Å²) in [6, 6.07) is 4.84. The highest BCUT2D eigenvalue weighted by Gasteiger charge is 2.30. The second-order valence-corrected chi connectivity index (χ2v) is 6.39. The minimum absolute atomic E-state index is 0.0298. The van der Waals surface area contributed by atoms with Crippen LogP contribution in [0.25, 0.3) is 0 Å². The number of ether oxygens (including phenoxy) is 1. The first kappa shape index (κ1) is 21.8. The van der Waals surface area contributed by atoms with Crippen molar-refractivity contribution >= 4 is 17.5 Å². The van der Waals surface area contributed by atoms with Gasteiger partial charge in [0.2, 0.25) is 11.8 Å². The fourth-order valence-electron chi connectivity index (χ4n) is 1.95. The van der Waals surface area contributed by atoms with Crippen LogP contribution in [0.4, 0.5) is 18.9 Å². The summed E-state index contributed by atoms with van der Waals surface area (Å²) >= 11 is 0. The summed E-state index contributed by atoms with van der Waals surface area (Å²) in [5.74, 6) is -0.641. The Morgan fingerprint density at radius 2 is 1.62 bits per heavy atom. The van der Waals surface area contributed by atoms with Gasteiger partial charge in [-0.25, -0.2) is 0 Å². The first-order valence-corrected chi connectivity index (χ1v) is 8.10. The molecular formula is C17H24F3N3O3. The van der Waals surface area contributed by atoms with E-state index in [1.54, 1.807) is 11.9 Å². The molecule has 6 nitrogen and oxygen atoms in total. The van der Waals surface area contributed by atoms with Gasteiger partial charge in [-0.05, 0) is 44.2 Å². The Kier molecular flexibility index (Phi) is 7.88. The van der Waals surface area contributed by atoms with E-state index in [0.717, 1.165) is 12.1 Å². The van der Waals surface area contributed by atoms with Crippen molar-refractivity contribution in [2.24, 2.45) is 5.92 Å². The molecule has 1 atom stereocenters. The van der Waals surface area contributed by atoms with E-state index in [2.05, 4.69) is 15.4 Å². The molecule has 1 rings (SSSR count). The van der Waals surface area contributed by atoms with Gasteiger partial charge in [0.25, 0.3) is 0 Å². The number of carbonyl (C=O) groups is 2. The summed E-state index contributed by atoms with van der Waals surface area (Å²) in [6.07, 6.45) is -4.76. The molecule has 0 saturated carbocycles. The van der Waals surface area contributed by atoms with Crippen LogP contribution in [-0.2, 0) is 9.59 Å². The van der Waals surface area contributed by atoms with Crippen LogP contribution < -0.4 is 15.4 Å². The number of halogens is 3. The molecule has 2 amide bonds. The zero-order chi connectivity index (χ0) is 19.9. The first-order chi connectivity index (χ1) is 12.0. The Bertz CT molecular complexity index is 604. The molecule has 0 unspecified atom stereocenters. The molecule has 0 fully saturated rings. The molecule has 0 aromatic heterocycles. The van der Waals surface area contributed by atoms with Gasteiger partial charge in [0.05, 0.1) is 13.1 Å². The van der Waals surface area contributed by atoms with Gasteiger partial charge < -0.3 is 15.4 Å². The molecular weight excluding hydrogens is 351 g/mol.